The second-order valence-electron chi connectivity index (χ2n) is 21.3. The number of nitrogens with zero attached hydrogens (tertiary/aromatic N) is 8. The van der Waals surface area contributed by atoms with E-state index in [4.69, 9.17) is 90.0 Å². The second kappa shape index (κ2) is 27.4. The number of fused-ring (bicyclic) bond motifs is 14. The minimum absolute atomic E-state index is 0.317. The summed E-state index contributed by atoms with van der Waals surface area (Å²) in [6, 6.07) is 15.6. The summed E-state index contributed by atoms with van der Waals surface area (Å²) in [5.41, 5.74) is 3.14. The molecule has 10 rings (SSSR count). The Bertz CT molecular complexity index is 3390. The van der Waals surface area contributed by atoms with Crippen LogP contribution in [0.3, 0.4) is 0 Å². The number of benzene rings is 4. The van der Waals surface area contributed by atoms with Gasteiger partial charge in [0.1, 0.15) is 68.6 Å². The zero-order valence-corrected chi connectivity index (χ0v) is 52.2. The number of unbranched alkanes of at least 4 members (excludes halogenated alkanes) is 8. The molecular formula is C64H80Cl2N8O8Si. The van der Waals surface area contributed by atoms with E-state index in [0.717, 1.165) is 103 Å². The Morgan fingerprint density at radius 3 is 0.795 bits per heavy atom. The molecule has 0 N–H and O–H groups in total. The van der Waals surface area contributed by atoms with Gasteiger partial charge < -0.3 is 37.9 Å². The fourth-order valence-corrected chi connectivity index (χ4v) is 14.2. The van der Waals surface area contributed by atoms with Gasteiger partial charge in [-0.15, -0.1) is 0 Å². The topological polar surface area (TPSA) is 158 Å². The largest absolute Gasteiger partial charge is 0.493 e. The van der Waals surface area contributed by atoms with Gasteiger partial charge in [-0.1, -0.05) is 129 Å². The van der Waals surface area contributed by atoms with Crippen LogP contribution < -0.4 is 48.9 Å². The first-order valence-electron chi connectivity index (χ1n) is 30.6. The Hall–Kier alpha value is -6.56. The van der Waals surface area contributed by atoms with Crippen molar-refractivity contribution in [3.8, 4) is 46.0 Å². The number of amidine groups is 4. The van der Waals surface area contributed by atoms with Gasteiger partial charge in [0, 0.05) is 0 Å². The highest BCUT2D eigenvalue weighted by Crippen LogP contribution is 2.53. The van der Waals surface area contributed by atoms with E-state index in [0.29, 0.717) is 189 Å². The van der Waals surface area contributed by atoms with E-state index >= 15 is 0 Å². The molecule has 6 bridgehead atoms. The minimum atomic E-state index is -4.60. The fraction of sp³-hybridized carbons (Fsp3) is 0.500. The Labute approximate surface area is 498 Å². The van der Waals surface area contributed by atoms with Gasteiger partial charge in [-0.05, 0) is 99.9 Å². The van der Waals surface area contributed by atoms with Crippen LogP contribution >= 0.6 is 22.2 Å². The predicted octanol–water partition coefficient (Wildman–Crippen LogP) is 15.3. The zero-order valence-electron chi connectivity index (χ0n) is 49.7. The van der Waals surface area contributed by atoms with E-state index in [1.54, 1.807) is 0 Å². The van der Waals surface area contributed by atoms with Crippen molar-refractivity contribution in [3.05, 3.63) is 81.8 Å². The lowest BCUT2D eigenvalue weighted by atomic mass is 10.0. The van der Waals surface area contributed by atoms with Crippen LogP contribution in [0, 0.1) is 0 Å². The SMILES string of the molecule is CCCCOc1ccc(OCCCC)c2c1C1=NC2=Nc2c3c(OCCCC)ccc(OCCCC)c3c3n2[Si](Cl)(Cl)n2c(c4c(OCCCC)ccc(OCCCC)c4c2=NC2=NC(=N3)c3c(OCCCC)ccc(OCCCC)c32)=N1. The molecule has 2 aromatic heterocycles. The summed E-state index contributed by atoms with van der Waals surface area (Å²) in [6.45, 7) is 20.7. The van der Waals surface area contributed by atoms with Gasteiger partial charge >= 0.3 is 7.02 Å². The van der Waals surface area contributed by atoms with Crippen molar-refractivity contribution < 1.29 is 37.9 Å². The van der Waals surface area contributed by atoms with E-state index in [9.17, 15) is 0 Å². The monoisotopic (exact) mass is 1190 g/mol. The van der Waals surface area contributed by atoms with Crippen molar-refractivity contribution in [1.82, 2.24) is 8.47 Å². The van der Waals surface area contributed by atoms with Crippen LogP contribution in [0.1, 0.15) is 180 Å². The summed E-state index contributed by atoms with van der Waals surface area (Å²) in [7, 11) is -4.60. The molecule has 6 heterocycles. The number of halogens is 2. The number of aliphatic imine (C=N–C) groups is 4. The molecule has 0 radical (unpaired) electrons. The molecular weight excluding hydrogens is 1110 g/mol. The zero-order chi connectivity index (χ0) is 58.0. The molecule has 0 saturated carbocycles. The molecule has 6 aromatic rings. The van der Waals surface area contributed by atoms with Crippen LogP contribution in [0.15, 0.2) is 78.5 Å². The van der Waals surface area contributed by atoms with Crippen LogP contribution in [0.4, 0.5) is 11.6 Å². The van der Waals surface area contributed by atoms with Crippen molar-refractivity contribution in [2.24, 2.45) is 30.0 Å². The van der Waals surface area contributed by atoms with Crippen LogP contribution in [-0.4, -0.2) is 91.7 Å². The Morgan fingerprint density at radius 2 is 0.530 bits per heavy atom. The van der Waals surface area contributed by atoms with Crippen molar-refractivity contribution >= 4 is 85.7 Å². The summed E-state index contributed by atoms with van der Waals surface area (Å²) in [5.74, 6) is 6.40. The molecule has 0 saturated heterocycles. The molecule has 0 spiro atoms. The number of hydrogen-bond acceptors (Lipinski definition) is 14. The average Bonchev–Trinajstić information content (AvgIpc) is 1.72. The lowest BCUT2D eigenvalue weighted by Crippen LogP contribution is -2.51. The maximum atomic E-state index is 8.69. The maximum absolute atomic E-state index is 8.69. The van der Waals surface area contributed by atoms with Crippen LogP contribution in [0.25, 0.3) is 21.5 Å². The van der Waals surface area contributed by atoms with Crippen molar-refractivity contribution in [2.45, 2.75) is 158 Å². The molecule has 0 aliphatic carbocycles. The van der Waals surface area contributed by atoms with Crippen molar-refractivity contribution in [3.63, 3.8) is 0 Å². The van der Waals surface area contributed by atoms with Gasteiger partial charge in [0.05, 0.1) is 96.7 Å². The summed E-state index contributed by atoms with van der Waals surface area (Å²) in [5, 5.41) is 2.31. The van der Waals surface area contributed by atoms with Gasteiger partial charge in [0.25, 0.3) is 0 Å². The van der Waals surface area contributed by atoms with Crippen molar-refractivity contribution in [1.29, 1.82) is 0 Å². The van der Waals surface area contributed by atoms with Crippen molar-refractivity contribution in [2.75, 3.05) is 52.9 Å². The van der Waals surface area contributed by atoms with E-state index < -0.39 is 7.02 Å². The molecule has 0 fully saturated rings. The second-order valence-corrected chi connectivity index (χ2v) is 27.0. The molecule has 0 amide bonds. The molecule has 4 aliphatic rings. The van der Waals surface area contributed by atoms with E-state index in [1.165, 1.54) is 0 Å². The first kappa shape index (κ1) is 59.6. The summed E-state index contributed by atoms with van der Waals surface area (Å²) in [4.78, 5) is 33.9. The summed E-state index contributed by atoms with van der Waals surface area (Å²) < 4.78 is 58.2. The summed E-state index contributed by atoms with van der Waals surface area (Å²) >= 11 is 17.4. The predicted molar refractivity (Wildman–Crippen MR) is 336 cm³/mol. The Kier molecular flexibility index (Phi) is 19.7. The lowest BCUT2D eigenvalue weighted by Gasteiger charge is -2.24. The molecule has 442 valence electrons. The summed E-state index contributed by atoms with van der Waals surface area (Å²) in [6.07, 6.45) is 13.9. The molecule has 4 aromatic carbocycles. The first-order chi connectivity index (χ1) is 40.7. The standard InChI is InChI=1S/C64H80Cl2N8O8Si/c1-9-17-33-75-41-25-26-42(76-34-18-10-2)50-49(41)57-67-58(50)70-62-55-47(81-39-23-15-7)31-32-48(82-40-24-16-8)56(55)64-72-60-52-44(78-36-20-12-4)28-27-43(77-35-19-11-3)51(52)59(68-60)71-63-54-46(80-38-22-14-6)30-29-45(79-37-21-13-5)53(54)61(69-57)73(63)83(65,66)74(62)64/h25-32H,9-24,33-40H2,1-8H3. The van der Waals surface area contributed by atoms with E-state index in [1.807, 2.05) is 57.0 Å². The number of ether oxygens (including phenoxy) is 8. The molecule has 16 nitrogen and oxygen atoms in total. The van der Waals surface area contributed by atoms with Gasteiger partial charge in [-0.2, -0.15) is 0 Å². The van der Waals surface area contributed by atoms with Gasteiger partial charge in [0.15, 0.2) is 23.3 Å². The maximum Gasteiger partial charge on any atom is 0.483 e. The van der Waals surface area contributed by atoms with E-state index in [2.05, 4.69) is 55.4 Å². The molecule has 0 atom stereocenters. The number of aromatic nitrogens is 2. The number of rotatable bonds is 32. The molecule has 0 unspecified atom stereocenters. The van der Waals surface area contributed by atoms with E-state index in [-0.39, 0.29) is 0 Å². The number of hydrogen-bond donors (Lipinski definition) is 0. The third kappa shape index (κ3) is 11.8. The fourth-order valence-electron chi connectivity index (χ4n) is 10.4. The highest BCUT2D eigenvalue weighted by Gasteiger charge is 2.48. The highest BCUT2D eigenvalue weighted by atomic mass is 35.7. The quantitative estimate of drug-likeness (QED) is 0.0229. The average molecular weight is 1190 g/mol. The molecule has 4 aliphatic heterocycles. The normalized spacial score (nSPS) is 14.2. The highest BCUT2D eigenvalue weighted by molar-refractivity contribution is 7.44. The first-order valence-corrected chi connectivity index (χ1v) is 34.6. The Balaban J connectivity index is 1.47. The van der Waals surface area contributed by atoms with Gasteiger partial charge in [-0.25, -0.2) is 30.0 Å². The minimum Gasteiger partial charge on any atom is -0.493 e. The lowest BCUT2D eigenvalue weighted by molar-refractivity contribution is 0.300. The molecule has 83 heavy (non-hydrogen) atoms. The van der Waals surface area contributed by atoms with Gasteiger partial charge in [0.2, 0.25) is 0 Å². The van der Waals surface area contributed by atoms with Crippen LogP contribution in [0.2, 0.25) is 0 Å². The van der Waals surface area contributed by atoms with Crippen LogP contribution in [-0.2, 0) is 0 Å². The third-order valence-corrected chi connectivity index (χ3v) is 19.0. The molecule has 19 heteroatoms. The third-order valence-electron chi connectivity index (χ3n) is 15.0. The van der Waals surface area contributed by atoms with Gasteiger partial charge in [-0.3, -0.25) is 8.47 Å². The Morgan fingerprint density at radius 1 is 0.301 bits per heavy atom. The smallest absolute Gasteiger partial charge is 0.483 e. The van der Waals surface area contributed by atoms with Crippen LogP contribution in [0.5, 0.6) is 46.0 Å².